The van der Waals surface area contributed by atoms with Gasteiger partial charge in [0, 0.05) is 5.38 Å². The molecule has 3 atom stereocenters. The van der Waals surface area contributed by atoms with Crippen molar-refractivity contribution in [2.45, 2.75) is 50.7 Å². The van der Waals surface area contributed by atoms with E-state index in [0.717, 1.165) is 19.3 Å². The predicted octanol–water partition coefficient (Wildman–Crippen LogP) is 2.57. The first kappa shape index (κ1) is 8.35. The van der Waals surface area contributed by atoms with Crippen LogP contribution in [0, 0.1) is 0 Å². The van der Waals surface area contributed by atoms with Gasteiger partial charge in [0.25, 0.3) is 0 Å². The lowest BCUT2D eigenvalue weighted by Gasteiger charge is -2.00. The summed E-state index contributed by atoms with van der Waals surface area (Å²) in [5.74, 6) is 0. The van der Waals surface area contributed by atoms with Crippen LogP contribution in [0.15, 0.2) is 0 Å². The van der Waals surface area contributed by atoms with Gasteiger partial charge in [-0.2, -0.15) is 0 Å². The normalized spacial score (nSPS) is 33.9. The van der Waals surface area contributed by atoms with Gasteiger partial charge in [-0.25, -0.2) is 0 Å². The molecular weight excluding hydrogens is 148 g/mol. The lowest BCUT2D eigenvalue weighted by atomic mass is 10.1. The van der Waals surface area contributed by atoms with Crippen LogP contribution in [-0.2, 0) is 4.74 Å². The molecule has 3 unspecified atom stereocenters. The monoisotopic (exact) mass is 162 g/mol. The summed E-state index contributed by atoms with van der Waals surface area (Å²) in [6.45, 7) is 4.26. The lowest BCUT2D eigenvalue weighted by molar-refractivity contribution is 0.357. The Kier molecular flexibility index (Phi) is 2.99. The van der Waals surface area contributed by atoms with Crippen molar-refractivity contribution in [3.63, 3.8) is 0 Å². The summed E-state index contributed by atoms with van der Waals surface area (Å²) in [5, 5.41) is 0.321. The maximum atomic E-state index is 5.94. The molecule has 0 bridgehead atoms. The Morgan fingerprint density at radius 2 is 2.10 bits per heavy atom. The third-order valence-electron chi connectivity index (χ3n) is 2.02. The highest BCUT2D eigenvalue weighted by atomic mass is 35.5. The molecule has 1 nitrogen and oxygen atoms in total. The molecule has 0 radical (unpaired) electrons. The molecule has 0 spiro atoms. The van der Waals surface area contributed by atoms with E-state index in [4.69, 9.17) is 16.3 Å². The highest BCUT2D eigenvalue weighted by Crippen LogP contribution is 2.30. The molecule has 60 valence electrons. The van der Waals surface area contributed by atoms with Crippen LogP contribution in [0.2, 0.25) is 0 Å². The molecule has 1 saturated heterocycles. The molecule has 10 heavy (non-hydrogen) atoms. The molecule has 0 aliphatic carbocycles. The van der Waals surface area contributed by atoms with E-state index >= 15 is 0 Å². The number of rotatable bonds is 4. The number of epoxide rings is 1. The highest BCUT2D eigenvalue weighted by Gasteiger charge is 2.37. The van der Waals surface area contributed by atoms with E-state index in [1.54, 1.807) is 0 Å². The van der Waals surface area contributed by atoms with Gasteiger partial charge in [0.1, 0.15) is 0 Å². The van der Waals surface area contributed by atoms with E-state index in [0.29, 0.717) is 17.6 Å². The van der Waals surface area contributed by atoms with Gasteiger partial charge in [-0.3, -0.25) is 0 Å². The first-order chi connectivity index (χ1) is 4.77. The highest BCUT2D eigenvalue weighted by molar-refractivity contribution is 6.20. The van der Waals surface area contributed by atoms with Crippen molar-refractivity contribution in [3.8, 4) is 0 Å². The van der Waals surface area contributed by atoms with E-state index in [-0.39, 0.29) is 0 Å². The van der Waals surface area contributed by atoms with Gasteiger partial charge in [0.15, 0.2) is 0 Å². The Morgan fingerprint density at radius 1 is 1.40 bits per heavy atom. The van der Waals surface area contributed by atoms with Gasteiger partial charge >= 0.3 is 0 Å². The van der Waals surface area contributed by atoms with Crippen LogP contribution in [0.5, 0.6) is 0 Å². The van der Waals surface area contributed by atoms with Gasteiger partial charge in [-0.05, 0) is 19.3 Å². The van der Waals surface area contributed by atoms with Crippen molar-refractivity contribution in [2.75, 3.05) is 0 Å². The maximum Gasteiger partial charge on any atom is 0.0855 e. The molecule has 0 saturated carbocycles. The van der Waals surface area contributed by atoms with Crippen molar-refractivity contribution in [1.82, 2.24) is 0 Å². The summed E-state index contributed by atoms with van der Waals surface area (Å²) in [6, 6.07) is 0. The second-order valence-corrected chi connectivity index (χ2v) is 3.48. The first-order valence-corrected chi connectivity index (χ1v) is 4.51. The van der Waals surface area contributed by atoms with Crippen LogP contribution in [-0.4, -0.2) is 17.6 Å². The Balaban J connectivity index is 2.05. The van der Waals surface area contributed by atoms with Gasteiger partial charge in [-0.1, -0.05) is 13.8 Å². The van der Waals surface area contributed by atoms with Crippen LogP contribution < -0.4 is 0 Å². The second kappa shape index (κ2) is 3.59. The second-order valence-electron chi connectivity index (χ2n) is 2.86. The first-order valence-electron chi connectivity index (χ1n) is 4.07. The zero-order valence-corrected chi connectivity index (χ0v) is 7.40. The topological polar surface area (TPSA) is 12.5 Å². The van der Waals surface area contributed by atoms with Crippen LogP contribution in [0.1, 0.15) is 33.1 Å². The van der Waals surface area contributed by atoms with E-state index in [1.165, 1.54) is 0 Å². The molecule has 0 aromatic carbocycles. The average Bonchev–Trinajstić information content (AvgIpc) is 2.67. The van der Waals surface area contributed by atoms with Crippen molar-refractivity contribution >= 4 is 11.6 Å². The number of alkyl halides is 1. The number of ether oxygens (including phenoxy) is 1. The van der Waals surface area contributed by atoms with Crippen molar-refractivity contribution in [2.24, 2.45) is 0 Å². The molecule has 1 aliphatic heterocycles. The van der Waals surface area contributed by atoms with E-state index in [9.17, 15) is 0 Å². The largest absolute Gasteiger partial charge is 0.370 e. The summed E-state index contributed by atoms with van der Waals surface area (Å²) in [4.78, 5) is 0. The van der Waals surface area contributed by atoms with Crippen molar-refractivity contribution < 1.29 is 4.74 Å². The number of halogens is 1. The van der Waals surface area contributed by atoms with Crippen LogP contribution in [0.3, 0.4) is 0 Å². The third-order valence-corrected chi connectivity index (χ3v) is 2.51. The molecule has 0 aromatic rings. The average molecular weight is 163 g/mol. The van der Waals surface area contributed by atoms with E-state index in [2.05, 4.69) is 13.8 Å². The van der Waals surface area contributed by atoms with Crippen LogP contribution in [0.25, 0.3) is 0 Å². The lowest BCUT2D eigenvalue weighted by Crippen LogP contribution is -2.03. The molecule has 0 amide bonds. The molecule has 1 aliphatic rings. The minimum absolute atomic E-state index is 0.321. The van der Waals surface area contributed by atoms with Gasteiger partial charge in [-0.15, -0.1) is 11.6 Å². The van der Waals surface area contributed by atoms with Crippen LogP contribution in [0.4, 0.5) is 0 Å². The molecule has 1 heterocycles. The van der Waals surface area contributed by atoms with Crippen molar-refractivity contribution in [1.29, 1.82) is 0 Å². The molecule has 1 rings (SSSR count). The smallest absolute Gasteiger partial charge is 0.0855 e. The fourth-order valence-corrected chi connectivity index (χ4v) is 1.34. The summed E-state index contributed by atoms with van der Waals surface area (Å²) in [7, 11) is 0. The Labute approximate surface area is 67.7 Å². The summed E-state index contributed by atoms with van der Waals surface area (Å²) >= 11 is 5.94. The summed E-state index contributed by atoms with van der Waals surface area (Å²) in [5.41, 5.74) is 0. The number of hydrogen-bond donors (Lipinski definition) is 0. The molecular formula is C8H15ClO. The van der Waals surface area contributed by atoms with Crippen molar-refractivity contribution in [3.05, 3.63) is 0 Å². The molecule has 0 N–H and O–H groups in total. The molecule has 1 fully saturated rings. The minimum Gasteiger partial charge on any atom is -0.370 e. The maximum absolute atomic E-state index is 5.94. The zero-order chi connectivity index (χ0) is 7.56. The Morgan fingerprint density at radius 3 is 2.50 bits per heavy atom. The molecule has 2 heteroatoms. The van der Waals surface area contributed by atoms with E-state index < -0.39 is 0 Å². The van der Waals surface area contributed by atoms with Gasteiger partial charge in [0.2, 0.25) is 0 Å². The summed E-state index contributed by atoms with van der Waals surface area (Å²) < 4.78 is 5.35. The standard InChI is InChI=1S/C8H15ClO/c1-3-6(9)5-8-7(4-2)10-8/h6-8H,3-5H2,1-2H3. The third kappa shape index (κ3) is 2.14. The predicted molar refractivity (Wildman–Crippen MR) is 43.5 cm³/mol. The SMILES string of the molecule is CCC(Cl)CC1OC1CC. The fraction of sp³-hybridized carbons (Fsp3) is 1.00. The molecule has 0 aromatic heterocycles. The Bertz CT molecular complexity index is 105. The van der Waals surface area contributed by atoms with Gasteiger partial charge < -0.3 is 4.74 Å². The fourth-order valence-electron chi connectivity index (χ4n) is 1.16. The Hall–Kier alpha value is 0.250. The van der Waals surface area contributed by atoms with Crippen LogP contribution >= 0.6 is 11.6 Å². The number of hydrogen-bond acceptors (Lipinski definition) is 1. The van der Waals surface area contributed by atoms with Gasteiger partial charge in [0.05, 0.1) is 12.2 Å². The minimum atomic E-state index is 0.321. The zero-order valence-electron chi connectivity index (χ0n) is 6.64. The summed E-state index contributed by atoms with van der Waals surface area (Å²) in [6.07, 6.45) is 4.23. The van der Waals surface area contributed by atoms with E-state index in [1.807, 2.05) is 0 Å². The quantitative estimate of drug-likeness (QED) is 0.457.